The van der Waals surface area contributed by atoms with Crippen molar-refractivity contribution >= 4 is 10.5 Å². The summed E-state index contributed by atoms with van der Waals surface area (Å²) in [6.45, 7) is 1.71. The number of hydrogen-bond donors (Lipinski definition) is 0. The molecule has 0 aliphatic rings. The van der Waals surface area contributed by atoms with E-state index in [0.717, 1.165) is 0 Å². The van der Waals surface area contributed by atoms with Gasteiger partial charge < -0.3 is 4.43 Å². The first-order valence-electron chi connectivity index (χ1n) is 2.20. The zero-order valence-corrected chi connectivity index (χ0v) is 7.21. The lowest BCUT2D eigenvalue weighted by atomic mass is 10.8. The third-order valence-electron chi connectivity index (χ3n) is 0.575. The molecule has 0 aromatic rings. The van der Waals surface area contributed by atoms with Gasteiger partial charge in [-0.3, -0.25) is 0 Å². The van der Waals surface area contributed by atoms with Gasteiger partial charge in [0, 0.05) is 0 Å². The maximum Gasteiger partial charge on any atom is 0.181 e. The van der Waals surface area contributed by atoms with Crippen LogP contribution >= 0.6 is 0 Å². The van der Waals surface area contributed by atoms with Gasteiger partial charge >= 0.3 is 0 Å². The topological polar surface area (TPSA) is 36.9 Å². The molecule has 0 aromatic carbocycles. The van der Waals surface area contributed by atoms with E-state index in [1.54, 1.807) is 6.92 Å². The molecule has 0 aliphatic heterocycles. The fourth-order valence-electron chi connectivity index (χ4n) is 0.134. The Morgan fingerprint density at radius 3 is 2.50 bits per heavy atom. The molecular weight excluding hydrogens is 128 g/mol. The normalized spacial score (nSPS) is 14.2. The molecule has 0 spiro atoms. The second-order valence-electron chi connectivity index (χ2n) is 1.13. The highest BCUT2D eigenvalue weighted by atomic mass is 28.2. The molecular formula is C3H10O4Si. The minimum absolute atomic E-state index is 0.332. The van der Waals surface area contributed by atoms with E-state index < -0.39 is 0 Å². The summed E-state index contributed by atoms with van der Waals surface area (Å²) in [6.07, 6.45) is -0.332. The third-order valence-corrected chi connectivity index (χ3v) is 1.24. The third kappa shape index (κ3) is 4.22. The van der Waals surface area contributed by atoms with Crippen molar-refractivity contribution in [2.45, 2.75) is 13.2 Å². The van der Waals surface area contributed by atoms with Crippen molar-refractivity contribution in [2.75, 3.05) is 7.11 Å². The van der Waals surface area contributed by atoms with Crippen molar-refractivity contribution in [3.63, 3.8) is 0 Å². The van der Waals surface area contributed by atoms with Crippen LogP contribution in [0.25, 0.3) is 0 Å². The van der Waals surface area contributed by atoms with Crippen molar-refractivity contribution in [3.8, 4) is 0 Å². The molecule has 5 heteroatoms. The van der Waals surface area contributed by atoms with Crippen molar-refractivity contribution in [1.29, 1.82) is 0 Å². The monoisotopic (exact) mass is 138 g/mol. The molecule has 0 N–H and O–H groups in total. The summed E-state index contributed by atoms with van der Waals surface area (Å²) in [5.74, 6) is 0. The van der Waals surface area contributed by atoms with Crippen LogP contribution in [0.2, 0.25) is 0 Å². The van der Waals surface area contributed by atoms with E-state index in [1.165, 1.54) is 7.11 Å². The minimum Gasteiger partial charge on any atom is -0.402 e. The summed E-state index contributed by atoms with van der Waals surface area (Å²) in [5.41, 5.74) is 0. The number of rotatable bonds is 4. The van der Waals surface area contributed by atoms with E-state index in [9.17, 15) is 0 Å². The molecule has 1 unspecified atom stereocenters. The lowest BCUT2D eigenvalue weighted by Crippen LogP contribution is -2.10. The van der Waals surface area contributed by atoms with Crippen LogP contribution in [0.5, 0.6) is 0 Å². The van der Waals surface area contributed by atoms with Gasteiger partial charge in [0.1, 0.15) is 10.5 Å². The molecule has 0 saturated carbocycles. The summed E-state index contributed by atoms with van der Waals surface area (Å²) in [4.78, 5) is 8.56. The summed E-state index contributed by atoms with van der Waals surface area (Å²) in [5, 5.41) is 4.08. The van der Waals surface area contributed by atoms with E-state index in [1.807, 2.05) is 0 Å². The van der Waals surface area contributed by atoms with Crippen LogP contribution < -0.4 is 0 Å². The molecule has 8 heavy (non-hydrogen) atoms. The molecule has 0 aromatic heterocycles. The largest absolute Gasteiger partial charge is 0.402 e. The summed E-state index contributed by atoms with van der Waals surface area (Å²) >= 11 is 0. The lowest BCUT2D eigenvalue weighted by molar-refractivity contribution is -0.530. The lowest BCUT2D eigenvalue weighted by Gasteiger charge is -2.06. The fraction of sp³-hybridized carbons (Fsp3) is 1.00. The quantitative estimate of drug-likeness (QED) is 0.219. The Balaban J connectivity index is 2.86. The van der Waals surface area contributed by atoms with Gasteiger partial charge in [0.05, 0.1) is 7.11 Å². The molecule has 0 radical (unpaired) electrons. The van der Waals surface area contributed by atoms with Gasteiger partial charge in [0.2, 0.25) is 0 Å². The van der Waals surface area contributed by atoms with Gasteiger partial charge in [-0.05, 0) is 6.92 Å². The fourth-order valence-corrected chi connectivity index (χ4v) is 0.212. The smallest absolute Gasteiger partial charge is 0.181 e. The predicted molar refractivity (Wildman–Crippen MR) is 29.7 cm³/mol. The average Bonchev–Trinajstić information content (AvgIpc) is 1.83. The Morgan fingerprint density at radius 2 is 2.12 bits per heavy atom. The van der Waals surface area contributed by atoms with Crippen LogP contribution in [0.1, 0.15) is 6.92 Å². The van der Waals surface area contributed by atoms with Gasteiger partial charge in [0.15, 0.2) is 6.29 Å². The second-order valence-corrected chi connectivity index (χ2v) is 1.61. The van der Waals surface area contributed by atoms with Crippen molar-refractivity contribution < 1.29 is 19.2 Å². The molecule has 0 rings (SSSR count). The number of hydrogen-bond acceptors (Lipinski definition) is 4. The van der Waals surface area contributed by atoms with Crippen LogP contribution in [-0.2, 0) is 19.2 Å². The van der Waals surface area contributed by atoms with E-state index in [2.05, 4.69) is 14.8 Å². The Bertz CT molecular complexity index is 50.5. The molecule has 0 aliphatic carbocycles. The second kappa shape index (κ2) is 5.20. The molecule has 0 fully saturated rings. The first-order valence-corrected chi connectivity index (χ1v) is 3.02. The highest BCUT2D eigenvalue weighted by Gasteiger charge is 1.96. The van der Waals surface area contributed by atoms with Crippen LogP contribution in [0.3, 0.4) is 0 Å². The molecule has 0 amide bonds. The standard InChI is InChI=1S/C3H10O4Si/c1-3(6-8)5-7-4-2/h3H,1-2,8H3. The summed E-state index contributed by atoms with van der Waals surface area (Å²) < 4.78 is 4.76. The van der Waals surface area contributed by atoms with Crippen LogP contribution in [0, 0.1) is 0 Å². The van der Waals surface area contributed by atoms with Gasteiger partial charge in [-0.1, -0.05) is 5.04 Å². The molecule has 50 valence electrons. The van der Waals surface area contributed by atoms with Crippen molar-refractivity contribution in [2.24, 2.45) is 0 Å². The van der Waals surface area contributed by atoms with Gasteiger partial charge in [0.25, 0.3) is 0 Å². The Morgan fingerprint density at radius 1 is 1.50 bits per heavy atom. The molecule has 0 saturated heterocycles. The van der Waals surface area contributed by atoms with E-state index in [-0.39, 0.29) is 6.29 Å². The maximum absolute atomic E-state index is 4.76. The van der Waals surface area contributed by atoms with Crippen LogP contribution in [0.4, 0.5) is 0 Å². The van der Waals surface area contributed by atoms with Gasteiger partial charge in [-0.25, -0.2) is 4.89 Å². The summed E-state index contributed by atoms with van der Waals surface area (Å²) in [6, 6.07) is 0. The summed E-state index contributed by atoms with van der Waals surface area (Å²) in [7, 11) is 1.99. The predicted octanol–water partition coefficient (Wildman–Crippen LogP) is -0.861. The first kappa shape index (κ1) is 8.06. The van der Waals surface area contributed by atoms with Crippen LogP contribution in [-0.4, -0.2) is 23.9 Å². The highest BCUT2D eigenvalue weighted by molar-refractivity contribution is 5.98. The first-order chi connectivity index (χ1) is 3.81. The minimum atomic E-state index is -0.332. The average molecular weight is 138 g/mol. The Labute approximate surface area is 51.1 Å². The van der Waals surface area contributed by atoms with E-state index in [4.69, 9.17) is 4.43 Å². The molecule has 0 bridgehead atoms. The van der Waals surface area contributed by atoms with E-state index >= 15 is 0 Å². The van der Waals surface area contributed by atoms with Crippen molar-refractivity contribution in [1.82, 2.24) is 0 Å². The molecule has 0 heterocycles. The van der Waals surface area contributed by atoms with Crippen molar-refractivity contribution in [3.05, 3.63) is 0 Å². The Kier molecular flexibility index (Phi) is 5.24. The maximum atomic E-state index is 4.76. The Hall–Kier alpha value is 0.0569. The SMILES string of the molecule is COOOC(C)O[SiH3]. The zero-order chi connectivity index (χ0) is 6.41. The van der Waals surface area contributed by atoms with E-state index in [0.29, 0.717) is 10.5 Å². The van der Waals surface area contributed by atoms with Crippen LogP contribution in [0.15, 0.2) is 0 Å². The highest BCUT2D eigenvalue weighted by Crippen LogP contribution is 1.89. The van der Waals surface area contributed by atoms with Gasteiger partial charge in [-0.2, -0.15) is 4.89 Å². The molecule has 4 nitrogen and oxygen atoms in total. The molecule has 1 atom stereocenters. The zero-order valence-electron chi connectivity index (χ0n) is 5.21. The van der Waals surface area contributed by atoms with Gasteiger partial charge in [-0.15, -0.1) is 0 Å².